The van der Waals surface area contributed by atoms with Gasteiger partial charge in [0.25, 0.3) is 0 Å². The van der Waals surface area contributed by atoms with Crippen molar-refractivity contribution in [2.75, 3.05) is 19.7 Å². The molecule has 0 bridgehead atoms. The first kappa shape index (κ1) is 13.4. The van der Waals surface area contributed by atoms with Gasteiger partial charge < -0.3 is 15.4 Å². The molecule has 2 N–H and O–H groups in total. The molecule has 19 heavy (non-hydrogen) atoms. The Hall–Kier alpha value is -0.610. The molecule has 0 aromatic rings. The lowest BCUT2D eigenvalue weighted by molar-refractivity contribution is -0.177. The molecule has 1 amide bonds. The third kappa shape index (κ3) is 2.09. The molecular formula is C15H26N2O2. The maximum Gasteiger partial charge on any atom is 0.223 e. The quantitative estimate of drug-likeness (QED) is 0.789. The van der Waals surface area contributed by atoms with Gasteiger partial charge in [-0.3, -0.25) is 4.79 Å². The first-order valence-corrected chi connectivity index (χ1v) is 7.80. The predicted molar refractivity (Wildman–Crippen MR) is 73.8 cm³/mol. The van der Waals surface area contributed by atoms with Gasteiger partial charge >= 0.3 is 0 Å². The largest absolute Gasteiger partial charge is 0.378 e. The highest BCUT2D eigenvalue weighted by Gasteiger charge is 2.59. The van der Waals surface area contributed by atoms with Crippen molar-refractivity contribution in [3.63, 3.8) is 0 Å². The average Bonchev–Trinajstić information content (AvgIpc) is 2.22. The molecule has 3 aliphatic rings. The van der Waals surface area contributed by atoms with Gasteiger partial charge in [0.05, 0.1) is 6.10 Å². The zero-order chi connectivity index (χ0) is 13.5. The van der Waals surface area contributed by atoms with Crippen LogP contribution < -0.4 is 10.6 Å². The van der Waals surface area contributed by atoms with Crippen LogP contribution in [0.5, 0.6) is 0 Å². The molecule has 2 saturated carbocycles. The molecule has 3 unspecified atom stereocenters. The highest BCUT2D eigenvalue weighted by Crippen LogP contribution is 2.57. The van der Waals surface area contributed by atoms with Gasteiger partial charge in [0.1, 0.15) is 0 Å². The third-order valence-corrected chi connectivity index (χ3v) is 5.69. The minimum absolute atomic E-state index is 0.143. The second-order valence-corrected chi connectivity index (χ2v) is 6.53. The molecule has 0 aromatic carbocycles. The number of ether oxygens (including phenoxy) is 1. The maximum atomic E-state index is 12.3. The van der Waals surface area contributed by atoms with Crippen LogP contribution in [0.2, 0.25) is 0 Å². The van der Waals surface area contributed by atoms with E-state index in [-0.39, 0.29) is 17.2 Å². The fourth-order valence-electron chi connectivity index (χ4n) is 3.82. The van der Waals surface area contributed by atoms with Crippen molar-refractivity contribution in [1.29, 1.82) is 0 Å². The zero-order valence-electron chi connectivity index (χ0n) is 12.1. The second-order valence-electron chi connectivity index (χ2n) is 6.53. The van der Waals surface area contributed by atoms with Crippen LogP contribution in [0, 0.1) is 17.3 Å². The topological polar surface area (TPSA) is 50.4 Å². The minimum atomic E-state index is 0.143. The molecule has 2 aliphatic carbocycles. The van der Waals surface area contributed by atoms with Crippen LogP contribution in [0.15, 0.2) is 0 Å². The molecule has 3 rings (SSSR count). The lowest BCUT2D eigenvalue weighted by atomic mass is 9.51. The Kier molecular flexibility index (Phi) is 3.56. The highest BCUT2D eigenvalue weighted by molar-refractivity contribution is 5.79. The Balaban J connectivity index is 1.54. The van der Waals surface area contributed by atoms with Crippen molar-refractivity contribution in [3.8, 4) is 0 Å². The van der Waals surface area contributed by atoms with E-state index < -0.39 is 0 Å². The third-order valence-electron chi connectivity index (χ3n) is 5.69. The summed E-state index contributed by atoms with van der Waals surface area (Å²) in [6.45, 7) is 6.89. The van der Waals surface area contributed by atoms with E-state index in [4.69, 9.17) is 4.74 Å². The van der Waals surface area contributed by atoms with E-state index in [2.05, 4.69) is 24.5 Å². The van der Waals surface area contributed by atoms with E-state index >= 15 is 0 Å². The monoisotopic (exact) mass is 266 g/mol. The van der Waals surface area contributed by atoms with Gasteiger partial charge in [-0.05, 0) is 45.2 Å². The van der Waals surface area contributed by atoms with Gasteiger partial charge in [-0.1, -0.05) is 13.3 Å². The van der Waals surface area contributed by atoms with Crippen molar-refractivity contribution in [2.45, 2.75) is 51.7 Å². The van der Waals surface area contributed by atoms with Crippen molar-refractivity contribution >= 4 is 5.91 Å². The van der Waals surface area contributed by atoms with Gasteiger partial charge in [0, 0.05) is 24.0 Å². The van der Waals surface area contributed by atoms with Crippen molar-refractivity contribution < 1.29 is 9.53 Å². The molecule has 4 heteroatoms. The molecule has 1 spiro atoms. The number of carbonyl (C=O) groups is 1. The Bertz CT molecular complexity index is 350. The molecule has 1 saturated heterocycles. The number of rotatable bonds is 5. The number of hydrogen-bond donors (Lipinski definition) is 2. The van der Waals surface area contributed by atoms with Crippen LogP contribution in [0.3, 0.4) is 0 Å². The Morgan fingerprint density at radius 3 is 2.68 bits per heavy atom. The Morgan fingerprint density at radius 2 is 2.21 bits per heavy atom. The molecule has 0 radical (unpaired) electrons. The first-order chi connectivity index (χ1) is 9.17. The van der Waals surface area contributed by atoms with E-state index in [0.29, 0.717) is 18.1 Å². The van der Waals surface area contributed by atoms with Crippen LogP contribution in [0.25, 0.3) is 0 Å². The molecule has 0 aromatic heterocycles. The molecule has 3 atom stereocenters. The SMILES string of the molecule is CCOC1CC(NC(=O)C(C)C2CNC2)C12CCC2. The summed E-state index contributed by atoms with van der Waals surface area (Å²) in [7, 11) is 0. The summed E-state index contributed by atoms with van der Waals surface area (Å²) in [5, 5.41) is 6.54. The number of nitrogens with one attached hydrogen (secondary N) is 2. The van der Waals surface area contributed by atoms with Gasteiger partial charge in [-0.25, -0.2) is 0 Å². The Morgan fingerprint density at radius 1 is 1.47 bits per heavy atom. The van der Waals surface area contributed by atoms with Gasteiger partial charge in [-0.15, -0.1) is 0 Å². The molecule has 108 valence electrons. The molecule has 1 heterocycles. The molecular weight excluding hydrogens is 240 g/mol. The van der Waals surface area contributed by atoms with Crippen LogP contribution in [0.1, 0.15) is 39.5 Å². The fourth-order valence-corrected chi connectivity index (χ4v) is 3.82. The van der Waals surface area contributed by atoms with Crippen LogP contribution in [0.4, 0.5) is 0 Å². The lowest BCUT2D eigenvalue weighted by Gasteiger charge is -2.61. The van der Waals surface area contributed by atoms with Crippen LogP contribution >= 0.6 is 0 Å². The summed E-state index contributed by atoms with van der Waals surface area (Å²) in [5.74, 6) is 0.919. The van der Waals surface area contributed by atoms with Crippen LogP contribution in [-0.4, -0.2) is 37.7 Å². The minimum Gasteiger partial charge on any atom is -0.378 e. The standard InChI is InChI=1S/C15H26N2O2/c1-3-19-13-7-12(15(13)5-4-6-15)17-14(18)10(2)11-8-16-9-11/h10-13,16H,3-9H2,1-2H3,(H,17,18). The maximum absolute atomic E-state index is 12.3. The number of amides is 1. The predicted octanol–water partition coefficient (Wildman–Crippen LogP) is 1.31. The molecule has 4 nitrogen and oxygen atoms in total. The average molecular weight is 266 g/mol. The van der Waals surface area contributed by atoms with Gasteiger partial charge in [0.2, 0.25) is 5.91 Å². The summed E-state index contributed by atoms with van der Waals surface area (Å²) in [6.07, 6.45) is 5.13. The molecule has 1 aliphatic heterocycles. The van der Waals surface area contributed by atoms with Crippen LogP contribution in [-0.2, 0) is 9.53 Å². The van der Waals surface area contributed by atoms with Crippen molar-refractivity contribution in [2.24, 2.45) is 17.3 Å². The first-order valence-electron chi connectivity index (χ1n) is 7.80. The second kappa shape index (κ2) is 5.06. The van der Waals surface area contributed by atoms with Crippen molar-refractivity contribution in [1.82, 2.24) is 10.6 Å². The summed E-state index contributed by atoms with van der Waals surface area (Å²) >= 11 is 0. The van der Waals surface area contributed by atoms with Gasteiger partial charge in [0.15, 0.2) is 0 Å². The van der Waals surface area contributed by atoms with E-state index in [1.807, 2.05) is 0 Å². The smallest absolute Gasteiger partial charge is 0.223 e. The van der Waals surface area contributed by atoms with E-state index in [0.717, 1.165) is 26.1 Å². The summed E-state index contributed by atoms with van der Waals surface area (Å²) in [6, 6.07) is 0.362. The lowest BCUT2D eigenvalue weighted by Crippen LogP contribution is -2.68. The van der Waals surface area contributed by atoms with Gasteiger partial charge in [-0.2, -0.15) is 0 Å². The summed E-state index contributed by atoms with van der Waals surface area (Å²) in [5.41, 5.74) is 0.281. The summed E-state index contributed by atoms with van der Waals surface area (Å²) in [4.78, 5) is 12.3. The normalized spacial score (nSPS) is 34.0. The number of carbonyl (C=O) groups excluding carboxylic acids is 1. The van der Waals surface area contributed by atoms with Crippen molar-refractivity contribution in [3.05, 3.63) is 0 Å². The zero-order valence-corrected chi connectivity index (χ0v) is 12.1. The Labute approximate surface area is 115 Å². The number of hydrogen-bond acceptors (Lipinski definition) is 3. The summed E-state index contributed by atoms with van der Waals surface area (Å²) < 4.78 is 5.83. The van der Waals surface area contributed by atoms with E-state index in [9.17, 15) is 4.79 Å². The molecule has 3 fully saturated rings. The highest BCUT2D eigenvalue weighted by atomic mass is 16.5. The fraction of sp³-hybridized carbons (Fsp3) is 0.933. The van der Waals surface area contributed by atoms with E-state index in [1.54, 1.807) is 0 Å². The van der Waals surface area contributed by atoms with E-state index in [1.165, 1.54) is 19.3 Å².